The van der Waals surface area contributed by atoms with Gasteiger partial charge in [-0.25, -0.2) is 0 Å². The van der Waals surface area contributed by atoms with Gasteiger partial charge in [0.1, 0.15) is 5.75 Å². The van der Waals surface area contributed by atoms with Crippen LogP contribution >= 0.6 is 22.9 Å². The average Bonchev–Trinajstić information content (AvgIpc) is 3.20. The number of hydrogen-bond acceptors (Lipinski definition) is 7. The van der Waals surface area contributed by atoms with Crippen molar-refractivity contribution in [2.24, 2.45) is 0 Å². The molecule has 0 N–H and O–H groups in total. The number of ether oxygens (including phenoxy) is 2. The Hall–Kier alpha value is -1.74. The molecule has 3 aromatic rings. The summed E-state index contributed by atoms with van der Waals surface area (Å²) in [7, 11) is 0. The van der Waals surface area contributed by atoms with E-state index in [0.29, 0.717) is 11.6 Å². The number of nitrogens with zero attached hydrogens (tertiary/aromatic N) is 5. The van der Waals surface area contributed by atoms with Crippen molar-refractivity contribution in [2.45, 2.75) is 26.0 Å². The van der Waals surface area contributed by atoms with E-state index in [1.807, 2.05) is 42.6 Å². The number of hydrogen-bond donors (Lipinski definition) is 0. The molecule has 26 heavy (non-hydrogen) atoms. The summed E-state index contributed by atoms with van der Waals surface area (Å²) in [4.78, 5) is 3.07. The first-order valence-electron chi connectivity index (χ1n) is 8.47. The zero-order valence-corrected chi connectivity index (χ0v) is 16.3. The standard InChI is InChI=1S/C17H20ClN5O2S/c1-17(2,25-13-5-3-12(18)4-6-13)15-21-23-14(19-20-16(23)26-15)11-22-7-9-24-10-8-22/h3-6H,7-11H2,1-2H3. The van der Waals surface area contributed by atoms with Gasteiger partial charge in [0.2, 0.25) is 4.96 Å². The van der Waals surface area contributed by atoms with Gasteiger partial charge in [0.05, 0.1) is 19.8 Å². The molecule has 0 radical (unpaired) electrons. The first-order chi connectivity index (χ1) is 12.5. The summed E-state index contributed by atoms with van der Waals surface area (Å²) in [5.74, 6) is 1.59. The summed E-state index contributed by atoms with van der Waals surface area (Å²) in [6, 6.07) is 7.33. The van der Waals surface area contributed by atoms with Crippen LogP contribution in [0.5, 0.6) is 5.75 Å². The minimum absolute atomic E-state index is 0.588. The third kappa shape index (κ3) is 3.68. The fraction of sp³-hybridized carbons (Fsp3) is 0.471. The lowest BCUT2D eigenvalue weighted by Gasteiger charge is -2.25. The molecular weight excluding hydrogens is 374 g/mol. The molecule has 1 aliphatic rings. The molecule has 3 heterocycles. The zero-order valence-electron chi connectivity index (χ0n) is 14.7. The third-order valence-electron chi connectivity index (χ3n) is 4.23. The molecule has 1 aliphatic heterocycles. The van der Waals surface area contributed by atoms with Gasteiger partial charge in [-0.1, -0.05) is 22.9 Å². The van der Waals surface area contributed by atoms with Gasteiger partial charge >= 0.3 is 0 Å². The highest BCUT2D eigenvalue weighted by atomic mass is 35.5. The number of morpholine rings is 1. The van der Waals surface area contributed by atoms with Gasteiger partial charge in [0, 0.05) is 18.1 Å². The third-order valence-corrected chi connectivity index (χ3v) is 5.68. The number of halogens is 1. The Morgan fingerprint density at radius 1 is 1.19 bits per heavy atom. The first-order valence-corrected chi connectivity index (χ1v) is 9.67. The minimum Gasteiger partial charge on any atom is -0.481 e. The highest BCUT2D eigenvalue weighted by Gasteiger charge is 2.29. The van der Waals surface area contributed by atoms with Crippen LogP contribution in [0.1, 0.15) is 24.7 Å². The van der Waals surface area contributed by atoms with E-state index in [2.05, 4.69) is 15.1 Å². The molecule has 0 atom stereocenters. The van der Waals surface area contributed by atoms with Gasteiger partial charge < -0.3 is 9.47 Å². The molecule has 138 valence electrons. The van der Waals surface area contributed by atoms with Crippen molar-refractivity contribution in [1.29, 1.82) is 0 Å². The lowest BCUT2D eigenvalue weighted by molar-refractivity contribution is 0.0327. The fourth-order valence-corrected chi connectivity index (χ4v) is 3.82. The summed E-state index contributed by atoms with van der Waals surface area (Å²) in [6.45, 7) is 8.02. The van der Waals surface area contributed by atoms with Crippen molar-refractivity contribution in [3.05, 3.63) is 40.1 Å². The second-order valence-electron chi connectivity index (χ2n) is 6.67. The summed E-state index contributed by atoms with van der Waals surface area (Å²) in [6.07, 6.45) is 0. The van der Waals surface area contributed by atoms with E-state index in [4.69, 9.17) is 26.2 Å². The molecule has 0 aliphatic carbocycles. The van der Waals surface area contributed by atoms with Crippen LogP contribution in [0.15, 0.2) is 24.3 Å². The molecule has 1 aromatic carbocycles. The molecule has 7 nitrogen and oxygen atoms in total. The van der Waals surface area contributed by atoms with E-state index >= 15 is 0 Å². The van der Waals surface area contributed by atoms with Crippen molar-refractivity contribution >= 4 is 27.9 Å². The predicted octanol–water partition coefficient (Wildman–Crippen LogP) is 2.99. The molecule has 1 saturated heterocycles. The largest absolute Gasteiger partial charge is 0.481 e. The second-order valence-corrected chi connectivity index (χ2v) is 8.07. The van der Waals surface area contributed by atoms with E-state index in [1.165, 1.54) is 11.3 Å². The SMILES string of the molecule is CC(C)(Oc1ccc(Cl)cc1)c1nn2c(CN3CCOCC3)nnc2s1. The predicted molar refractivity (Wildman–Crippen MR) is 99.9 cm³/mol. The van der Waals surface area contributed by atoms with Gasteiger partial charge in [0.25, 0.3) is 0 Å². The molecular formula is C17H20ClN5O2S. The quantitative estimate of drug-likeness (QED) is 0.664. The molecule has 0 saturated carbocycles. The molecule has 0 unspecified atom stereocenters. The Bertz CT molecular complexity index is 886. The number of fused-ring (bicyclic) bond motifs is 1. The van der Waals surface area contributed by atoms with Crippen LogP contribution in [0.3, 0.4) is 0 Å². The summed E-state index contributed by atoms with van der Waals surface area (Å²) >= 11 is 7.43. The van der Waals surface area contributed by atoms with Crippen LogP contribution < -0.4 is 4.74 Å². The van der Waals surface area contributed by atoms with E-state index in [1.54, 1.807) is 0 Å². The maximum atomic E-state index is 6.13. The van der Waals surface area contributed by atoms with Gasteiger partial charge in [-0.15, -0.1) is 10.2 Å². The Morgan fingerprint density at radius 3 is 2.65 bits per heavy atom. The summed E-state index contributed by atoms with van der Waals surface area (Å²) in [5.41, 5.74) is -0.588. The van der Waals surface area contributed by atoms with Crippen molar-refractivity contribution < 1.29 is 9.47 Å². The lowest BCUT2D eigenvalue weighted by Crippen LogP contribution is -2.36. The maximum absolute atomic E-state index is 6.13. The normalized spacial score (nSPS) is 16.3. The average molecular weight is 394 g/mol. The maximum Gasteiger partial charge on any atom is 0.234 e. The summed E-state index contributed by atoms with van der Waals surface area (Å²) < 4.78 is 13.4. The number of aromatic nitrogens is 4. The van der Waals surface area contributed by atoms with Crippen LogP contribution in [-0.2, 0) is 16.9 Å². The van der Waals surface area contributed by atoms with Gasteiger partial charge in [-0.05, 0) is 38.1 Å². The minimum atomic E-state index is -0.588. The van der Waals surface area contributed by atoms with Gasteiger partial charge in [-0.2, -0.15) is 9.61 Å². The monoisotopic (exact) mass is 393 g/mol. The fourth-order valence-electron chi connectivity index (χ4n) is 2.80. The molecule has 0 bridgehead atoms. The second kappa shape index (κ2) is 7.11. The first kappa shape index (κ1) is 17.7. The smallest absolute Gasteiger partial charge is 0.234 e. The molecule has 1 fully saturated rings. The molecule has 0 amide bonds. The molecule has 9 heteroatoms. The Balaban J connectivity index is 1.55. The van der Waals surface area contributed by atoms with Crippen LogP contribution in [-0.4, -0.2) is 51.0 Å². The van der Waals surface area contributed by atoms with Gasteiger partial charge in [-0.3, -0.25) is 4.90 Å². The Morgan fingerprint density at radius 2 is 1.92 bits per heavy atom. The van der Waals surface area contributed by atoms with Crippen molar-refractivity contribution in [1.82, 2.24) is 24.7 Å². The Kier molecular flexibility index (Phi) is 4.83. The van der Waals surface area contributed by atoms with Crippen molar-refractivity contribution in [2.75, 3.05) is 26.3 Å². The van der Waals surface area contributed by atoms with E-state index < -0.39 is 5.60 Å². The van der Waals surface area contributed by atoms with Crippen molar-refractivity contribution in [3.63, 3.8) is 0 Å². The number of rotatable bonds is 5. The van der Waals surface area contributed by atoms with E-state index in [0.717, 1.165) is 47.8 Å². The van der Waals surface area contributed by atoms with Crippen LogP contribution in [0.25, 0.3) is 4.96 Å². The van der Waals surface area contributed by atoms with Crippen LogP contribution in [0.2, 0.25) is 5.02 Å². The Labute approximate surface area is 160 Å². The van der Waals surface area contributed by atoms with Crippen LogP contribution in [0, 0.1) is 0 Å². The highest BCUT2D eigenvalue weighted by molar-refractivity contribution is 7.16. The lowest BCUT2D eigenvalue weighted by atomic mass is 10.1. The topological polar surface area (TPSA) is 64.8 Å². The van der Waals surface area contributed by atoms with E-state index in [9.17, 15) is 0 Å². The van der Waals surface area contributed by atoms with Crippen LogP contribution in [0.4, 0.5) is 0 Å². The zero-order chi connectivity index (χ0) is 18.1. The summed E-state index contributed by atoms with van der Waals surface area (Å²) in [5, 5.41) is 14.8. The van der Waals surface area contributed by atoms with E-state index in [-0.39, 0.29) is 0 Å². The molecule has 0 spiro atoms. The van der Waals surface area contributed by atoms with Gasteiger partial charge in [0.15, 0.2) is 16.4 Å². The molecule has 4 rings (SSSR count). The highest BCUT2D eigenvalue weighted by Crippen LogP contribution is 2.31. The number of benzene rings is 1. The molecule has 2 aromatic heterocycles. The van der Waals surface area contributed by atoms with Crippen molar-refractivity contribution in [3.8, 4) is 5.75 Å².